The predicted molar refractivity (Wildman–Crippen MR) is 66.4 cm³/mol. The van der Waals surface area contributed by atoms with E-state index in [1.54, 1.807) is 7.11 Å². The molecule has 0 saturated carbocycles. The fourth-order valence-electron chi connectivity index (χ4n) is 1.63. The lowest BCUT2D eigenvalue weighted by Gasteiger charge is -2.22. The van der Waals surface area contributed by atoms with Crippen LogP contribution in [0, 0.1) is 0 Å². The number of rotatable bonds is 6. The average Bonchev–Trinajstić information content (AvgIpc) is 2.29. The number of carbonyl (C=O) groups is 1. The van der Waals surface area contributed by atoms with Gasteiger partial charge in [0.05, 0.1) is 13.7 Å². The molecule has 94 valence electrons. The number of hydrogen-bond acceptors (Lipinski definition) is 3. The number of methoxy groups -OCH3 is 1. The minimum atomic E-state index is -0.797. The normalized spacial score (nSPS) is 12.5. The van der Waals surface area contributed by atoms with Gasteiger partial charge in [-0.3, -0.25) is 9.69 Å². The molecule has 1 rings (SSSR count). The summed E-state index contributed by atoms with van der Waals surface area (Å²) < 4.78 is 5.09. The SMILES string of the molecule is COc1ccc(CC(C)N(C)CC(=O)O)cc1. The van der Waals surface area contributed by atoms with Crippen molar-refractivity contribution in [3.05, 3.63) is 29.8 Å². The van der Waals surface area contributed by atoms with E-state index < -0.39 is 5.97 Å². The molecule has 0 spiro atoms. The fourth-order valence-corrected chi connectivity index (χ4v) is 1.63. The largest absolute Gasteiger partial charge is 0.497 e. The van der Waals surface area contributed by atoms with Gasteiger partial charge in [0.1, 0.15) is 5.75 Å². The van der Waals surface area contributed by atoms with E-state index in [4.69, 9.17) is 9.84 Å². The van der Waals surface area contributed by atoms with Gasteiger partial charge >= 0.3 is 5.97 Å². The molecule has 17 heavy (non-hydrogen) atoms. The van der Waals surface area contributed by atoms with Gasteiger partial charge in [-0.05, 0) is 38.1 Å². The maximum Gasteiger partial charge on any atom is 0.317 e. The second-order valence-electron chi connectivity index (χ2n) is 4.21. The highest BCUT2D eigenvalue weighted by Gasteiger charge is 2.12. The van der Waals surface area contributed by atoms with Gasteiger partial charge in [0.25, 0.3) is 0 Å². The zero-order chi connectivity index (χ0) is 12.8. The van der Waals surface area contributed by atoms with Crippen molar-refractivity contribution in [2.75, 3.05) is 20.7 Å². The Balaban J connectivity index is 2.54. The Morgan fingerprint density at radius 1 is 1.41 bits per heavy atom. The summed E-state index contributed by atoms with van der Waals surface area (Å²) in [6, 6.07) is 8.03. The van der Waals surface area contributed by atoms with Crippen LogP contribution in [0.3, 0.4) is 0 Å². The Morgan fingerprint density at radius 2 is 2.00 bits per heavy atom. The molecule has 4 heteroatoms. The maximum absolute atomic E-state index is 10.6. The second kappa shape index (κ2) is 6.25. The van der Waals surface area contributed by atoms with Crippen molar-refractivity contribution in [1.82, 2.24) is 4.90 Å². The van der Waals surface area contributed by atoms with Crippen LogP contribution < -0.4 is 4.74 Å². The van der Waals surface area contributed by atoms with Crippen LogP contribution in [0.15, 0.2) is 24.3 Å². The molecule has 4 nitrogen and oxygen atoms in total. The van der Waals surface area contributed by atoms with Gasteiger partial charge in [0, 0.05) is 6.04 Å². The fraction of sp³-hybridized carbons (Fsp3) is 0.462. The van der Waals surface area contributed by atoms with Crippen LogP contribution in [0.4, 0.5) is 0 Å². The summed E-state index contributed by atoms with van der Waals surface area (Å²) >= 11 is 0. The lowest BCUT2D eigenvalue weighted by atomic mass is 10.1. The first-order valence-electron chi connectivity index (χ1n) is 5.58. The van der Waals surface area contributed by atoms with Gasteiger partial charge in [-0.2, -0.15) is 0 Å². The lowest BCUT2D eigenvalue weighted by molar-refractivity contribution is -0.138. The lowest BCUT2D eigenvalue weighted by Crippen LogP contribution is -2.35. The van der Waals surface area contributed by atoms with Crippen molar-refractivity contribution in [1.29, 1.82) is 0 Å². The molecule has 0 radical (unpaired) electrons. The topological polar surface area (TPSA) is 49.8 Å². The molecule has 0 bridgehead atoms. The van der Waals surface area contributed by atoms with Crippen molar-refractivity contribution >= 4 is 5.97 Å². The van der Waals surface area contributed by atoms with E-state index in [0.717, 1.165) is 12.2 Å². The predicted octanol–water partition coefficient (Wildman–Crippen LogP) is 1.64. The monoisotopic (exact) mass is 237 g/mol. The molecule has 0 aromatic heterocycles. The van der Waals surface area contributed by atoms with Crippen LogP contribution >= 0.6 is 0 Å². The first-order chi connectivity index (χ1) is 8.02. The van der Waals surface area contributed by atoms with E-state index in [0.29, 0.717) is 0 Å². The Morgan fingerprint density at radius 3 is 2.47 bits per heavy atom. The van der Waals surface area contributed by atoms with Crippen molar-refractivity contribution in [2.24, 2.45) is 0 Å². The smallest absolute Gasteiger partial charge is 0.317 e. The van der Waals surface area contributed by atoms with Crippen LogP contribution in [0.25, 0.3) is 0 Å². The van der Waals surface area contributed by atoms with Crippen molar-refractivity contribution < 1.29 is 14.6 Å². The number of carboxylic acids is 1. The highest BCUT2D eigenvalue weighted by atomic mass is 16.5. The third-order valence-corrected chi connectivity index (χ3v) is 2.83. The first-order valence-corrected chi connectivity index (χ1v) is 5.58. The van der Waals surface area contributed by atoms with Gasteiger partial charge in [0.2, 0.25) is 0 Å². The summed E-state index contributed by atoms with van der Waals surface area (Å²) in [5.41, 5.74) is 1.18. The first kappa shape index (κ1) is 13.5. The van der Waals surface area contributed by atoms with Crippen molar-refractivity contribution in [3.63, 3.8) is 0 Å². The molecule has 1 atom stereocenters. The molecule has 0 aliphatic carbocycles. The van der Waals surface area contributed by atoms with Gasteiger partial charge in [-0.25, -0.2) is 0 Å². The summed E-state index contributed by atoms with van der Waals surface area (Å²) in [6.07, 6.45) is 0.827. The molecule has 0 aliphatic heterocycles. The number of ether oxygens (including phenoxy) is 1. The minimum Gasteiger partial charge on any atom is -0.497 e. The minimum absolute atomic E-state index is 0.0668. The number of carboxylic acid groups (broad SMARTS) is 1. The van der Waals surface area contributed by atoms with Crippen LogP contribution in [0.2, 0.25) is 0 Å². The van der Waals surface area contributed by atoms with Gasteiger partial charge in [-0.1, -0.05) is 12.1 Å². The highest BCUT2D eigenvalue weighted by molar-refractivity contribution is 5.69. The maximum atomic E-state index is 10.6. The van der Waals surface area contributed by atoms with Crippen molar-refractivity contribution in [3.8, 4) is 5.75 Å². The Labute approximate surface area is 102 Å². The van der Waals surface area contributed by atoms with E-state index in [1.165, 1.54) is 5.56 Å². The summed E-state index contributed by atoms with van der Waals surface area (Å²) in [7, 11) is 3.46. The van der Waals surface area contributed by atoms with Gasteiger partial charge in [-0.15, -0.1) is 0 Å². The third kappa shape index (κ3) is 4.44. The third-order valence-electron chi connectivity index (χ3n) is 2.83. The Kier molecular flexibility index (Phi) is 4.97. The van der Waals surface area contributed by atoms with Crippen LogP contribution in [0.1, 0.15) is 12.5 Å². The number of hydrogen-bond donors (Lipinski definition) is 1. The standard InChI is InChI=1S/C13H19NO3/c1-10(14(2)9-13(15)16)8-11-4-6-12(17-3)7-5-11/h4-7,10H,8-9H2,1-3H3,(H,15,16). The van der Waals surface area contributed by atoms with Gasteiger partial charge < -0.3 is 9.84 Å². The van der Waals surface area contributed by atoms with E-state index in [9.17, 15) is 4.79 Å². The summed E-state index contributed by atoms with van der Waals surface area (Å²) in [5.74, 6) is 0.0365. The number of aliphatic carboxylic acids is 1. The van der Waals surface area contributed by atoms with E-state index >= 15 is 0 Å². The van der Waals surface area contributed by atoms with E-state index in [-0.39, 0.29) is 12.6 Å². The Hall–Kier alpha value is -1.55. The number of nitrogens with zero attached hydrogens (tertiary/aromatic N) is 1. The van der Waals surface area contributed by atoms with Gasteiger partial charge in [0.15, 0.2) is 0 Å². The molecule has 1 N–H and O–H groups in total. The second-order valence-corrected chi connectivity index (χ2v) is 4.21. The molecule has 0 amide bonds. The number of likely N-dealkylation sites (N-methyl/N-ethyl adjacent to an activating group) is 1. The molecular weight excluding hydrogens is 218 g/mol. The molecule has 0 aliphatic rings. The van der Waals surface area contributed by atoms with E-state index in [1.807, 2.05) is 43.1 Å². The average molecular weight is 237 g/mol. The van der Waals surface area contributed by atoms with Crippen LogP contribution in [0.5, 0.6) is 5.75 Å². The Bertz CT molecular complexity index is 361. The van der Waals surface area contributed by atoms with Crippen LogP contribution in [-0.4, -0.2) is 42.7 Å². The molecule has 0 heterocycles. The zero-order valence-corrected chi connectivity index (χ0v) is 10.5. The molecule has 1 aromatic rings. The van der Waals surface area contributed by atoms with Crippen molar-refractivity contribution in [2.45, 2.75) is 19.4 Å². The van der Waals surface area contributed by atoms with E-state index in [2.05, 4.69) is 0 Å². The summed E-state index contributed by atoms with van der Waals surface area (Å²) in [6.45, 7) is 2.09. The molecule has 1 unspecified atom stereocenters. The molecular formula is C13H19NO3. The molecule has 1 aromatic carbocycles. The number of benzene rings is 1. The summed E-state index contributed by atoms with van der Waals surface area (Å²) in [4.78, 5) is 12.4. The van der Waals surface area contributed by atoms with Crippen LogP contribution in [-0.2, 0) is 11.2 Å². The molecule has 0 fully saturated rings. The highest BCUT2D eigenvalue weighted by Crippen LogP contribution is 2.13. The molecule has 0 saturated heterocycles. The summed E-state index contributed by atoms with van der Waals surface area (Å²) in [5, 5.41) is 8.71. The quantitative estimate of drug-likeness (QED) is 0.817. The zero-order valence-electron chi connectivity index (χ0n) is 10.5.